The number of unbranched alkanes of at least 4 members (excludes halogenated alkanes) is 1. The first-order chi connectivity index (χ1) is 10.7. The molecule has 1 aromatic rings. The quantitative estimate of drug-likeness (QED) is 0.753. The smallest absolute Gasteiger partial charge is 0.416 e. The zero-order valence-corrected chi connectivity index (χ0v) is 12.1. The van der Waals surface area contributed by atoms with Gasteiger partial charge in [-0.25, -0.2) is 4.79 Å². The number of halogens is 3. The summed E-state index contributed by atoms with van der Waals surface area (Å²) >= 11 is 0. The van der Waals surface area contributed by atoms with Crippen molar-refractivity contribution in [3.8, 4) is 6.07 Å². The van der Waals surface area contributed by atoms with Crippen molar-refractivity contribution >= 4 is 11.9 Å². The van der Waals surface area contributed by atoms with E-state index in [1.165, 1.54) is 12.1 Å². The molecule has 2 N–H and O–H groups in total. The number of rotatable bonds is 7. The molecule has 23 heavy (non-hydrogen) atoms. The van der Waals surface area contributed by atoms with Crippen LogP contribution in [0.3, 0.4) is 0 Å². The van der Waals surface area contributed by atoms with Gasteiger partial charge in [0.1, 0.15) is 6.04 Å². The highest BCUT2D eigenvalue weighted by Crippen LogP contribution is 2.29. The summed E-state index contributed by atoms with van der Waals surface area (Å²) < 4.78 is 37.8. The second-order valence-corrected chi connectivity index (χ2v) is 4.88. The van der Waals surface area contributed by atoms with E-state index in [0.717, 1.165) is 12.1 Å². The van der Waals surface area contributed by atoms with Crippen LogP contribution < -0.4 is 5.32 Å². The summed E-state index contributed by atoms with van der Waals surface area (Å²) in [6.45, 7) is 0. The molecule has 0 saturated carbocycles. The maximum Gasteiger partial charge on any atom is 0.416 e. The molecule has 0 radical (unpaired) electrons. The Hall–Kier alpha value is -2.56. The van der Waals surface area contributed by atoms with Crippen molar-refractivity contribution < 1.29 is 27.9 Å². The molecule has 0 saturated heterocycles. The maximum absolute atomic E-state index is 12.6. The van der Waals surface area contributed by atoms with Crippen LogP contribution in [-0.4, -0.2) is 23.0 Å². The van der Waals surface area contributed by atoms with Gasteiger partial charge in [0.25, 0.3) is 0 Å². The summed E-state index contributed by atoms with van der Waals surface area (Å²) in [5.74, 6) is -1.94. The number of alkyl halides is 3. The minimum Gasteiger partial charge on any atom is -0.480 e. The van der Waals surface area contributed by atoms with Gasteiger partial charge in [0.15, 0.2) is 0 Å². The summed E-state index contributed by atoms with van der Waals surface area (Å²) in [7, 11) is 0. The number of hydrogen-bond donors (Lipinski definition) is 2. The molecular formula is C15H15F3N2O3. The lowest BCUT2D eigenvalue weighted by atomic mass is 10.1. The number of nitriles is 1. The monoisotopic (exact) mass is 328 g/mol. The van der Waals surface area contributed by atoms with Crippen molar-refractivity contribution in [1.82, 2.24) is 5.32 Å². The van der Waals surface area contributed by atoms with E-state index in [-0.39, 0.29) is 24.8 Å². The number of carbonyl (C=O) groups excluding carboxylic acids is 1. The Morgan fingerprint density at radius 1 is 1.35 bits per heavy atom. The summed E-state index contributed by atoms with van der Waals surface area (Å²) in [5, 5.41) is 19.7. The molecule has 0 aliphatic carbocycles. The summed E-state index contributed by atoms with van der Waals surface area (Å²) in [6, 6.07) is 4.99. The average Bonchev–Trinajstić information content (AvgIpc) is 2.45. The normalized spacial score (nSPS) is 12.3. The van der Waals surface area contributed by atoms with Crippen LogP contribution in [0, 0.1) is 11.3 Å². The fourth-order valence-corrected chi connectivity index (χ4v) is 1.93. The lowest BCUT2D eigenvalue weighted by Gasteiger charge is -2.14. The van der Waals surface area contributed by atoms with E-state index in [1.807, 2.05) is 6.07 Å². The molecule has 0 bridgehead atoms. The van der Waals surface area contributed by atoms with Gasteiger partial charge in [-0.1, -0.05) is 18.2 Å². The Morgan fingerprint density at radius 3 is 2.61 bits per heavy atom. The Labute approximate surface area is 130 Å². The first kappa shape index (κ1) is 18.5. The van der Waals surface area contributed by atoms with Crippen LogP contribution in [0.4, 0.5) is 13.2 Å². The van der Waals surface area contributed by atoms with Crippen LogP contribution in [0.15, 0.2) is 24.3 Å². The van der Waals surface area contributed by atoms with E-state index in [0.29, 0.717) is 6.42 Å². The second-order valence-electron chi connectivity index (χ2n) is 4.88. The second kappa shape index (κ2) is 8.17. The van der Waals surface area contributed by atoms with E-state index < -0.39 is 29.7 Å². The Kier molecular flexibility index (Phi) is 6.57. The summed E-state index contributed by atoms with van der Waals surface area (Å²) in [6.07, 6.45) is -4.32. The zero-order valence-electron chi connectivity index (χ0n) is 12.1. The van der Waals surface area contributed by atoms with Crippen molar-refractivity contribution in [3.63, 3.8) is 0 Å². The molecule has 124 valence electrons. The van der Waals surface area contributed by atoms with Gasteiger partial charge in [-0.05, 0) is 24.5 Å². The number of hydrogen-bond acceptors (Lipinski definition) is 3. The van der Waals surface area contributed by atoms with Crippen molar-refractivity contribution in [2.45, 2.75) is 37.9 Å². The number of aliphatic carboxylic acids is 1. The topological polar surface area (TPSA) is 90.2 Å². The third-order valence-corrected chi connectivity index (χ3v) is 3.03. The van der Waals surface area contributed by atoms with Gasteiger partial charge in [0, 0.05) is 6.42 Å². The van der Waals surface area contributed by atoms with Crippen LogP contribution in [0.25, 0.3) is 0 Å². The lowest BCUT2D eigenvalue weighted by molar-refractivity contribution is -0.142. The molecule has 1 amide bonds. The van der Waals surface area contributed by atoms with Gasteiger partial charge >= 0.3 is 12.1 Å². The molecule has 0 aliphatic heterocycles. The Balaban J connectivity index is 2.68. The van der Waals surface area contributed by atoms with Crippen LogP contribution in [0.5, 0.6) is 0 Å². The molecule has 0 aromatic heterocycles. The number of nitrogens with one attached hydrogen (secondary N) is 1. The van der Waals surface area contributed by atoms with Gasteiger partial charge in [0.2, 0.25) is 5.91 Å². The number of carbonyl (C=O) groups is 2. The van der Waals surface area contributed by atoms with E-state index in [4.69, 9.17) is 10.4 Å². The minimum absolute atomic E-state index is 0.0806. The standard InChI is InChI=1S/C15H15F3N2O3/c16-15(17,18)11-5-3-4-10(8-11)9-13(21)20-12(14(22)23)6-1-2-7-19/h3-5,8,12H,1-2,6,9H2,(H,20,21)(H,22,23)/t12-/m1/s1. The highest BCUT2D eigenvalue weighted by Gasteiger charge is 2.30. The fraction of sp³-hybridized carbons (Fsp3) is 0.400. The van der Waals surface area contributed by atoms with E-state index in [2.05, 4.69) is 5.32 Å². The third-order valence-electron chi connectivity index (χ3n) is 3.03. The molecule has 0 heterocycles. The first-order valence-electron chi connectivity index (χ1n) is 6.79. The van der Waals surface area contributed by atoms with E-state index in [1.54, 1.807) is 0 Å². The predicted octanol–water partition coefficient (Wildman–Crippen LogP) is 2.51. The molecule has 8 heteroatoms. The first-order valence-corrected chi connectivity index (χ1v) is 6.79. The predicted molar refractivity (Wildman–Crippen MR) is 74.2 cm³/mol. The molecule has 0 fully saturated rings. The highest BCUT2D eigenvalue weighted by molar-refractivity contribution is 5.84. The number of carboxylic acid groups (broad SMARTS) is 1. The Morgan fingerprint density at radius 2 is 2.04 bits per heavy atom. The van der Waals surface area contributed by atoms with Crippen molar-refractivity contribution in [1.29, 1.82) is 5.26 Å². The average molecular weight is 328 g/mol. The number of amides is 1. The largest absolute Gasteiger partial charge is 0.480 e. The van der Waals surface area contributed by atoms with Gasteiger partial charge in [-0.15, -0.1) is 0 Å². The molecule has 5 nitrogen and oxygen atoms in total. The van der Waals surface area contributed by atoms with Gasteiger partial charge in [0.05, 0.1) is 18.1 Å². The van der Waals surface area contributed by atoms with Crippen molar-refractivity contribution in [2.75, 3.05) is 0 Å². The molecule has 1 rings (SSSR count). The zero-order chi connectivity index (χ0) is 17.5. The SMILES string of the molecule is N#CCCC[C@@H](NC(=O)Cc1cccc(C(F)(F)F)c1)C(=O)O. The molecule has 0 unspecified atom stereocenters. The number of nitrogens with zero attached hydrogens (tertiary/aromatic N) is 1. The lowest BCUT2D eigenvalue weighted by Crippen LogP contribution is -2.41. The molecule has 0 spiro atoms. The maximum atomic E-state index is 12.6. The Bertz CT molecular complexity index is 609. The van der Waals surface area contributed by atoms with Gasteiger partial charge in [-0.2, -0.15) is 18.4 Å². The third kappa shape index (κ3) is 6.38. The van der Waals surface area contributed by atoms with Crippen molar-refractivity contribution in [2.24, 2.45) is 0 Å². The number of carboxylic acids is 1. The van der Waals surface area contributed by atoms with Gasteiger partial charge < -0.3 is 10.4 Å². The molecular weight excluding hydrogens is 313 g/mol. The number of benzene rings is 1. The van der Waals surface area contributed by atoms with Gasteiger partial charge in [-0.3, -0.25) is 4.79 Å². The molecule has 1 aromatic carbocycles. The molecule has 0 aliphatic rings. The van der Waals surface area contributed by atoms with Crippen LogP contribution in [0.1, 0.15) is 30.4 Å². The molecule has 1 atom stereocenters. The fourth-order valence-electron chi connectivity index (χ4n) is 1.93. The highest BCUT2D eigenvalue weighted by atomic mass is 19.4. The van der Waals surface area contributed by atoms with Crippen LogP contribution in [-0.2, 0) is 22.2 Å². The minimum atomic E-state index is -4.51. The van der Waals surface area contributed by atoms with Crippen LogP contribution >= 0.6 is 0 Å². The summed E-state index contributed by atoms with van der Waals surface area (Å²) in [5.41, 5.74) is -0.731. The summed E-state index contributed by atoms with van der Waals surface area (Å²) in [4.78, 5) is 22.8. The van der Waals surface area contributed by atoms with Crippen molar-refractivity contribution in [3.05, 3.63) is 35.4 Å². The van der Waals surface area contributed by atoms with E-state index in [9.17, 15) is 22.8 Å². The van der Waals surface area contributed by atoms with E-state index >= 15 is 0 Å². The van der Waals surface area contributed by atoms with Crippen LogP contribution in [0.2, 0.25) is 0 Å².